The van der Waals surface area contributed by atoms with E-state index in [1.165, 1.54) is 16.7 Å². The molecule has 0 atom stereocenters. The zero-order valence-corrected chi connectivity index (χ0v) is 11.6. The maximum atomic E-state index is 11.9. The van der Waals surface area contributed by atoms with Crippen LogP contribution >= 0.6 is 0 Å². The molecule has 0 amide bonds. The molecule has 0 unspecified atom stereocenters. The summed E-state index contributed by atoms with van der Waals surface area (Å²) < 4.78 is 0. The molecule has 102 valence electrons. The number of rotatable bonds is 3. The van der Waals surface area contributed by atoms with Crippen molar-refractivity contribution >= 4 is 5.97 Å². The van der Waals surface area contributed by atoms with Gasteiger partial charge in [-0.05, 0) is 42.9 Å². The van der Waals surface area contributed by atoms with Crippen molar-refractivity contribution in [2.75, 3.05) is 0 Å². The zero-order valence-electron chi connectivity index (χ0n) is 11.6. The number of carbonyl (C=O) groups is 1. The van der Waals surface area contributed by atoms with E-state index in [1.807, 2.05) is 43.3 Å². The van der Waals surface area contributed by atoms with E-state index in [1.54, 1.807) is 0 Å². The fourth-order valence-corrected chi connectivity index (χ4v) is 3.14. The first-order valence-corrected chi connectivity index (χ1v) is 6.95. The van der Waals surface area contributed by atoms with Crippen molar-refractivity contribution in [3.05, 3.63) is 70.8 Å². The van der Waals surface area contributed by atoms with Crippen molar-refractivity contribution < 1.29 is 9.90 Å². The van der Waals surface area contributed by atoms with Gasteiger partial charge in [0.15, 0.2) is 0 Å². The van der Waals surface area contributed by atoms with Crippen LogP contribution in [0.25, 0.3) is 0 Å². The molecule has 0 heterocycles. The highest BCUT2D eigenvalue weighted by Crippen LogP contribution is 2.40. The standard InChI is InChI=1S/C18H18O2/c1-13-6-8-14(9-7-13)10-18(17(19)20)11-15-4-2-3-5-16(15)12-18/h2-9H,10-12H2,1H3,(H,19,20). The minimum Gasteiger partial charge on any atom is -0.481 e. The minimum absolute atomic E-state index is 0.595. The number of hydrogen-bond donors (Lipinski definition) is 1. The summed E-state index contributed by atoms with van der Waals surface area (Å²) in [5.74, 6) is -0.686. The van der Waals surface area contributed by atoms with E-state index < -0.39 is 11.4 Å². The molecule has 0 saturated carbocycles. The zero-order chi connectivity index (χ0) is 14.2. The monoisotopic (exact) mass is 266 g/mol. The van der Waals surface area contributed by atoms with Gasteiger partial charge in [-0.3, -0.25) is 4.79 Å². The SMILES string of the molecule is Cc1ccc(CC2(C(=O)O)Cc3ccccc3C2)cc1. The fraction of sp³-hybridized carbons (Fsp3) is 0.278. The molecule has 1 aliphatic rings. The molecule has 0 fully saturated rings. The molecule has 0 aliphatic heterocycles. The Balaban J connectivity index is 1.92. The number of carboxylic acid groups (broad SMARTS) is 1. The van der Waals surface area contributed by atoms with Crippen molar-refractivity contribution in [3.63, 3.8) is 0 Å². The molecule has 2 aromatic rings. The van der Waals surface area contributed by atoms with E-state index in [-0.39, 0.29) is 0 Å². The lowest BCUT2D eigenvalue weighted by Crippen LogP contribution is -2.34. The van der Waals surface area contributed by atoms with Crippen molar-refractivity contribution in [1.82, 2.24) is 0 Å². The van der Waals surface area contributed by atoms with Gasteiger partial charge in [0, 0.05) is 0 Å². The molecule has 0 bridgehead atoms. The van der Waals surface area contributed by atoms with Gasteiger partial charge in [-0.15, -0.1) is 0 Å². The van der Waals surface area contributed by atoms with E-state index in [2.05, 4.69) is 12.1 Å². The maximum absolute atomic E-state index is 11.9. The molecule has 0 saturated heterocycles. The van der Waals surface area contributed by atoms with Crippen LogP contribution in [0.15, 0.2) is 48.5 Å². The molecule has 20 heavy (non-hydrogen) atoms. The molecule has 2 aromatic carbocycles. The Labute approximate surface area is 119 Å². The number of hydrogen-bond acceptors (Lipinski definition) is 1. The Hall–Kier alpha value is -2.09. The number of fused-ring (bicyclic) bond motifs is 1. The molecule has 2 heteroatoms. The average Bonchev–Trinajstić information content (AvgIpc) is 2.81. The van der Waals surface area contributed by atoms with Crippen molar-refractivity contribution in [1.29, 1.82) is 0 Å². The number of benzene rings is 2. The quantitative estimate of drug-likeness (QED) is 0.924. The Kier molecular flexibility index (Phi) is 3.09. The molecule has 0 radical (unpaired) electrons. The first-order chi connectivity index (χ1) is 9.59. The summed E-state index contributed by atoms with van der Waals surface area (Å²) in [5, 5.41) is 9.75. The highest BCUT2D eigenvalue weighted by molar-refractivity contribution is 5.77. The van der Waals surface area contributed by atoms with E-state index in [9.17, 15) is 9.90 Å². The van der Waals surface area contributed by atoms with Crippen LogP contribution in [0.2, 0.25) is 0 Å². The van der Waals surface area contributed by atoms with Crippen molar-refractivity contribution in [2.45, 2.75) is 26.2 Å². The Morgan fingerprint density at radius 3 is 2.10 bits per heavy atom. The molecule has 1 aliphatic carbocycles. The summed E-state index contributed by atoms with van der Waals surface area (Å²) >= 11 is 0. The van der Waals surface area contributed by atoms with E-state index in [0.29, 0.717) is 19.3 Å². The van der Waals surface area contributed by atoms with Crippen LogP contribution in [0.3, 0.4) is 0 Å². The summed E-state index contributed by atoms with van der Waals surface area (Å²) in [6.45, 7) is 2.04. The van der Waals surface area contributed by atoms with Gasteiger partial charge in [0.05, 0.1) is 5.41 Å². The lowest BCUT2D eigenvalue weighted by Gasteiger charge is -2.24. The normalized spacial score (nSPS) is 15.8. The third kappa shape index (κ3) is 2.22. The van der Waals surface area contributed by atoms with E-state index >= 15 is 0 Å². The summed E-state index contributed by atoms with van der Waals surface area (Å²) in [5.41, 5.74) is 3.99. The topological polar surface area (TPSA) is 37.3 Å². The second-order valence-electron chi connectivity index (χ2n) is 5.87. The van der Waals surface area contributed by atoms with Crippen molar-refractivity contribution in [3.8, 4) is 0 Å². The summed E-state index contributed by atoms with van der Waals surface area (Å²) in [7, 11) is 0. The predicted octanol–water partition coefficient (Wildman–Crippen LogP) is 3.41. The van der Waals surface area contributed by atoms with Crippen LogP contribution < -0.4 is 0 Å². The van der Waals surface area contributed by atoms with Crippen LogP contribution in [0, 0.1) is 12.3 Å². The number of carboxylic acids is 1. The van der Waals surface area contributed by atoms with Crippen LogP contribution in [0.5, 0.6) is 0 Å². The van der Waals surface area contributed by atoms with E-state index in [0.717, 1.165) is 5.56 Å². The Bertz CT molecular complexity index is 616. The first-order valence-electron chi connectivity index (χ1n) is 6.95. The Morgan fingerprint density at radius 2 is 1.60 bits per heavy atom. The van der Waals surface area contributed by atoms with Gasteiger partial charge >= 0.3 is 5.97 Å². The predicted molar refractivity (Wildman–Crippen MR) is 78.8 cm³/mol. The molecule has 2 nitrogen and oxygen atoms in total. The van der Waals surface area contributed by atoms with Gasteiger partial charge in [-0.1, -0.05) is 54.1 Å². The molecule has 1 N–H and O–H groups in total. The average molecular weight is 266 g/mol. The lowest BCUT2D eigenvalue weighted by molar-refractivity contribution is -0.148. The van der Waals surface area contributed by atoms with Gasteiger partial charge in [0.1, 0.15) is 0 Å². The summed E-state index contributed by atoms with van der Waals surface area (Å²) in [4.78, 5) is 11.9. The van der Waals surface area contributed by atoms with E-state index in [4.69, 9.17) is 0 Å². The van der Waals surface area contributed by atoms with Crippen LogP contribution in [0.1, 0.15) is 22.3 Å². The first kappa shape index (κ1) is 12.9. The fourth-order valence-electron chi connectivity index (χ4n) is 3.14. The second kappa shape index (κ2) is 4.78. The third-order valence-electron chi connectivity index (χ3n) is 4.29. The van der Waals surface area contributed by atoms with Gasteiger partial charge in [-0.25, -0.2) is 0 Å². The largest absolute Gasteiger partial charge is 0.481 e. The number of aryl methyl sites for hydroxylation is 1. The lowest BCUT2D eigenvalue weighted by atomic mass is 9.79. The highest BCUT2D eigenvalue weighted by Gasteiger charge is 2.43. The molecule has 0 spiro atoms. The highest BCUT2D eigenvalue weighted by atomic mass is 16.4. The smallest absolute Gasteiger partial charge is 0.310 e. The van der Waals surface area contributed by atoms with Crippen molar-refractivity contribution in [2.24, 2.45) is 5.41 Å². The third-order valence-corrected chi connectivity index (χ3v) is 4.29. The van der Waals surface area contributed by atoms with Gasteiger partial charge in [0.25, 0.3) is 0 Å². The van der Waals surface area contributed by atoms with Crippen LogP contribution in [0.4, 0.5) is 0 Å². The van der Waals surface area contributed by atoms with Crippen LogP contribution in [-0.2, 0) is 24.1 Å². The van der Waals surface area contributed by atoms with Gasteiger partial charge in [-0.2, -0.15) is 0 Å². The molecule has 0 aromatic heterocycles. The van der Waals surface area contributed by atoms with Gasteiger partial charge in [0.2, 0.25) is 0 Å². The van der Waals surface area contributed by atoms with Gasteiger partial charge < -0.3 is 5.11 Å². The molecular formula is C18H18O2. The molecular weight excluding hydrogens is 248 g/mol. The number of aliphatic carboxylic acids is 1. The van der Waals surface area contributed by atoms with Crippen LogP contribution in [-0.4, -0.2) is 11.1 Å². The molecule has 3 rings (SSSR count). The minimum atomic E-state index is -0.686. The summed E-state index contributed by atoms with van der Waals surface area (Å²) in [6.07, 6.45) is 1.86. The maximum Gasteiger partial charge on any atom is 0.310 e. The Morgan fingerprint density at radius 1 is 1.05 bits per heavy atom. The second-order valence-corrected chi connectivity index (χ2v) is 5.87. The summed E-state index contributed by atoms with van der Waals surface area (Å²) in [6, 6.07) is 16.3.